The number of benzene rings is 3. The van der Waals surface area contributed by atoms with Crippen LogP contribution in [0.1, 0.15) is 31.8 Å². The smallest absolute Gasteiger partial charge is 0.271 e. The average molecular weight is 468 g/mol. The van der Waals surface area contributed by atoms with E-state index in [1.165, 1.54) is 31.5 Å². The van der Waals surface area contributed by atoms with Gasteiger partial charge in [0, 0.05) is 18.2 Å². The fraction of sp³-hybridized carbons (Fsp3) is 0.125. The molecule has 3 rings (SSSR count). The zero-order valence-electron chi connectivity index (χ0n) is 18.0. The number of phenolic OH excluding ortho intramolecular Hbond substituents is 1. The molecule has 0 saturated heterocycles. The molecule has 0 aliphatic rings. The number of ether oxygens (including phenoxy) is 2. The first-order valence-electron chi connectivity index (χ1n) is 9.85. The highest BCUT2D eigenvalue weighted by Crippen LogP contribution is 2.28. The molecule has 0 fully saturated rings. The number of hydrazone groups is 1. The number of halogens is 1. The van der Waals surface area contributed by atoms with E-state index < -0.39 is 5.91 Å². The van der Waals surface area contributed by atoms with Gasteiger partial charge in [-0.05, 0) is 59.7 Å². The Bertz CT molecular complexity index is 1180. The van der Waals surface area contributed by atoms with Gasteiger partial charge in [0.25, 0.3) is 11.8 Å². The fourth-order valence-corrected chi connectivity index (χ4v) is 3.00. The minimum absolute atomic E-state index is 0.0781. The number of rotatable bonds is 8. The summed E-state index contributed by atoms with van der Waals surface area (Å²) >= 11 is 5.82. The Morgan fingerprint density at radius 2 is 1.73 bits per heavy atom. The van der Waals surface area contributed by atoms with Crippen LogP contribution < -0.4 is 20.2 Å². The zero-order chi connectivity index (χ0) is 23.8. The Morgan fingerprint density at radius 1 is 1.00 bits per heavy atom. The van der Waals surface area contributed by atoms with Gasteiger partial charge in [-0.3, -0.25) is 9.59 Å². The molecule has 0 heterocycles. The summed E-state index contributed by atoms with van der Waals surface area (Å²) < 4.78 is 11.2. The quantitative estimate of drug-likeness (QED) is 0.345. The Kier molecular flexibility index (Phi) is 7.88. The van der Waals surface area contributed by atoms with Crippen LogP contribution in [0.15, 0.2) is 65.8 Å². The first kappa shape index (κ1) is 23.6. The molecule has 3 aromatic carbocycles. The maximum atomic E-state index is 12.1. The van der Waals surface area contributed by atoms with Crippen molar-refractivity contribution in [3.8, 4) is 17.2 Å². The van der Waals surface area contributed by atoms with Gasteiger partial charge in [0.2, 0.25) is 0 Å². The predicted molar refractivity (Wildman–Crippen MR) is 125 cm³/mol. The van der Waals surface area contributed by atoms with Crippen LogP contribution in [0, 0.1) is 0 Å². The lowest BCUT2D eigenvalue weighted by atomic mass is 10.1. The molecule has 170 valence electrons. The molecule has 0 saturated carbocycles. The second-order valence-electron chi connectivity index (χ2n) is 6.84. The number of methoxy groups -OCH3 is 1. The molecule has 0 aromatic heterocycles. The van der Waals surface area contributed by atoms with Crippen LogP contribution in [-0.4, -0.2) is 37.3 Å². The lowest BCUT2D eigenvalue weighted by Gasteiger charge is -2.11. The summed E-state index contributed by atoms with van der Waals surface area (Å²) in [6.07, 6.45) is 1.46. The molecule has 33 heavy (non-hydrogen) atoms. The van der Waals surface area contributed by atoms with Crippen molar-refractivity contribution in [3.05, 3.63) is 87.9 Å². The van der Waals surface area contributed by atoms with Crippen molar-refractivity contribution in [2.45, 2.75) is 6.61 Å². The molecular formula is C24H22ClN3O5. The monoisotopic (exact) mass is 467 g/mol. The van der Waals surface area contributed by atoms with E-state index in [0.29, 0.717) is 29.2 Å². The summed E-state index contributed by atoms with van der Waals surface area (Å²) in [6.45, 7) is 0.295. The summed E-state index contributed by atoms with van der Waals surface area (Å²) in [5, 5.41) is 16.0. The highest BCUT2D eigenvalue weighted by Gasteiger charge is 2.09. The molecule has 3 N–H and O–H groups in total. The zero-order valence-corrected chi connectivity index (χ0v) is 18.7. The van der Waals surface area contributed by atoms with Crippen molar-refractivity contribution in [2.75, 3.05) is 14.2 Å². The van der Waals surface area contributed by atoms with Gasteiger partial charge in [-0.25, -0.2) is 5.43 Å². The van der Waals surface area contributed by atoms with E-state index in [9.17, 15) is 14.7 Å². The normalized spacial score (nSPS) is 10.6. The second kappa shape index (κ2) is 11.0. The van der Waals surface area contributed by atoms with Gasteiger partial charge in [-0.1, -0.05) is 23.7 Å². The van der Waals surface area contributed by atoms with Crippen LogP contribution >= 0.6 is 11.6 Å². The van der Waals surface area contributed by atoms with Crippen LogP contribution in [0.5, 0.6) is 17.2 Å². The first-order chi connectivity index (χ1) is 15.9. The molecule has 8 nitrogen and oxygen atoms in total. The predicted octanol–water partition coefficient (Wildman–Crippen LogP) is 3.76. The molecule has 0 atom stereocenters. The lowest BCUT2D eigenvalue weighted by molar-refractivity contribution is 0.0950. The number of carbonyl (C=O) groups excluding carboxylic acids is 2. The number of hydrogen-bond donors (Lipinski definition) is 3. The van der Waals surface area contributed by atoms with E-state index in [4.69, 9.17) is 21.1 Å². The highest BCUT2D eigenvalue weighted by atomic mass is 35.5. The molecule has 0 spiro atoms. The van der Waals surface area contributed by atoms with E-state index in [0.717, 1.165) is 5.56 Å². The van der Waals surface area contributed by atoms with Crippen molar-refractivity contribution in [1.29, 1.82) is 0 Å². The molecule has 0 radical (unpaired) electrons. The Balaban J connectivity index is 1.61. The summed E-state index contributed by atoms with van der Waals surface area (Å²) in [4.78, 5) is 23.8. The van der Waals surface area contributed by atoms with Gasteiger partial charge in [-0.2, -0.15) is 5.10 Å². The maximum Gasteiger partial charge on any atom is 0.271 e. The summed E-state index contributed by atoms with van der Waals surface area (Å²) in [6, 6.07) is 16.4. The lowest BCUT2D eigenvalue weighted by Crippen LogP contribution is -2.17. The molecule has 0 aliphatic carbocycles. The standard InChI is InChI=1S/C24H22ClN3O5/c1-26-23(30)17-6-3-15(4-7-17)14-33-21-10-5-16(11-22(21)32-2)13-27-28-24(31)18-8-9-20(29)19(25)12-18/h3-13,29H,14H2,1-2H3,(H,26,30)(H,28,31)/b27-13+. The minimum atomic E-state index is -0.470. The number of aromatic hydroxyl groups is 1. The van der Waals surface area contributed by atoms with Crippen molar-refractivity contribution >= 4 is 29.6 Å². The van der Waals surface area contributed by atoms with Gasteiger partial charge >= 0.3 is 0 Å². The Labute approximate surface area is 195 Å². The van der Waals surface area contributed by atoms with Crippen molar-refractivity contribution in [1.82, 2.24) is 10.7 Å². The summed E-state index contributed by atoms with van der Waals surface area (Å²) in [5.74, 6) is 0.310. The third-order valence-electron chi connectivity index (χ3n) is 4.61. The SMILES string of the molecule is CNC(=O)c1ccc(COc2ccc(/C=N/NC(=O)c3ccc(O)c(Cl)c3)cc2OC)cc1. The summed E-state index contributed by atoms with van der Waals surface area (Å²) in [7, 11) is 3.11. The molecule has 0 bridgehead atoms. The van der Waals surface area contributed by atoms with Crippen LogP contribution in [0.25, 0.3) is 0 Å². The van der Waals surface area contributed by atoms with Gasteiger partial charge in [0.15, 0.2) is 11.5 Å². The molecule has 3 aromatic rings. The van der Waals surface area contributed by atoms with Crippen LogP contribution in [0.3, 0.4) is 0 Å². The van der Waals surface area contributed by atoms with Crippen molar-refractivity contribution in [2.24, 2.45) is 5.10 Å². The van der Waals surface area contributed by atoms with E-state index in [2.05, 4.69) is 15.8 Å². The number of carbonyl (C=O) groups is 2. The van der Waals surface area contributed by atoms with Gasteiger partial charge < -0.3 is 19.9 Å². The van der Waals surface area contributed by atoms with Crippen molar-refractivity contribution < 1.29 is 24.2 Å². The summed E-state index contributed by atoms with van der Waals surface area (Å²) in [5.41, 5.74) is 4.81. The van der Waals surface area contributed by atoms with E-state index in [-0.39, 0.29) is 22.2 Å². The van der Waals surface area contributed by atoms with Crippen molar-refractivity contribution in [3.63, 3.8) is 0 Å². The van der Waals surface area contributed by atoms with Gasteiger partial charge in [0.1, 0.15) is 12.4 Å². The molecule has 9 heteroatoms. The average Bonchev–Trinajstić information content (AvgIpc) is 2.84. The largest absolute Gasteiger partial charge is 0.506 e. The molecule has 0 unspecified atom stereocenters. The highest BCUT2D eigenvalue weighted by molar-refractivity contribution is 6.32. The van der Waals surface area contributed by atoms with Crippen LogP contribution in [0.2, 0.25) is 5.02 Å². The molecular weight excluding hydrogens is 446 g/mol. The fourth-order valence-electron chi connectivity index (χ4n) is 2.82. The maximum absolute atomic E-state index is 12.1. The number of phenols is 1. The second-order valence-corrected chi connectivity index (χ2v) is 7.25. The van der Waals surface area contributed by atoms with E-state index in [1.54, 1.807) is 37.4 Å². The van der Waals surface area contributed by atoms with E-state index >= 15 is 0 Å². The molecule has 2 amide bonds. The topological polar surface area (TPSA) is 109 Å². The third-order valence-corrected chi connectivity index (χ3v) is 4.92. The van der Waals surface area contributed by atoms with Gasteiger partial charge in [-0.15, -0.1) is 0 Å². The van der Waals surface area contributed by atoms with Crippen LogP contribution in [0.4, 0.5) is 0 Å². The molecule has 0 aliphatic heterocycles. The Hall–Kier alpha value is -4.04. The van der Waals surface area contributed by atoms with E-state index in [1.807, 2.05) is 12.1 Å². The first-order valence-corrected chi connectivity index (χ1v) is 10.2. The number of nitrogens with zero attached hydrogens (tertiary/aromatic N) is 1. The minimum Gasteiger partial charge on any atom is -0.506 e. The van der Waals surface area contributed by atoms with Gasteiger partial charge in [0.05, 0.1) is 18.3 Å². The number of amides is 2. The number of hydrogen-bond acceptors (Lipinski definition) is 6. The Morgan fingerprint density at radius 3 is 2.39 bits per heavy atom. The van der Waals surface area contributed by atoms with Crippen LogP contribution in [-0.2, 0) is 6.61 Å². The third kappa shape index (κ3) is 6.24. The number of nitrogens with one attached hydrogen (secondary N) is 2.